The van der Waals surface area contributed by atoms with E-state index in [9.17, 15) is 19.8 Å². The maximum atomic E-state index is 12.1. The highest BCUT2D eigenvalue weighted by Gasteiger charge is 2.18. The van der Waals surface area contributed by atoms with Crippen molar-refractivity contribution in [3.8, 4) is 11.5 Å². The van der Waals surface area contributed by atoms with E-state index >= 15 is 0 Å². The van der Waals surface area contributed by atoms with Crippen LogP contribution < -0.4 is 10.9 Å². The van der Waals surface area contributed by atoms with Crippen LogP contribution in [0.2, 0.25) is 0 Å². The van der Waals surface area contributed by atoms with Crippen molar-refractivity contribution in [2.24, 2.45) is 0 Å². The van der Waals surface area contributed by atoms with Crippen LogP contribution in [0.3, 0.4) is 0 Å². The molecule has 1 heterocycles. The normalized spacial score (nSPS) is 12.3. The number of aryl methyl sites for hydroxylation is 1. The monoisotopic (exact) mass is 305 g/mol. The zero-order valence-corrected chi connectivity index (χ0v) is 12.8. The number of benzene rings is 1. The molecule has 1 amide bonds. The molecule has 6 nitrogen and oxygen atoms in total. The van der Waals surface area contributed by atoms with E-state index in [1.165, 1.54) is 12.1 Å². The number of carbonyl (C=O) groups excluding carboxylic acids is 1. The van der Waals surface area contributed by atoms with Gasteiger partial charge < -0.3 is 19.9 Å². The van der Waals surface area contributed by atoms with E-state index in [1.807, 2.05) is 13.8 Å². The van der Waals surface area contributed by atoms with Crippen molar-refractivity contribution in [3.05, 3.63) is 33.7 Å². The second kappa shape index (κ2) is 6.09. The topological polar surface area (TPSA) is 99.8 Å². The first-order valence-corrected chi connectivity index (χ1v) is 7.11. The van der Waals surface area contributed by atoms with Crippen LogP contribution in [0.5, 0.6) is 11.5 Å². The maximum Gasteiger partial charge on any atom is 0.340 e. The van der Waals surface area contributed by atoms with E-state index in [-0.39, 0.29) is 41.0 Å². The molecule has 0 radical (unpaired) electrons. The number of phenols is 2. The molecule has 0 fully saturated rings. The van der Waals surface area contributed by atoms with Gasteiger partial charge in [0.1, 0.15) is 17.1 Å². The summed E-state index contributed by atoms with van der Waals surface area (Å²) in [5.74, 6) is -0.669. The van der Waals surface area contributed by atoms with Gasteiger partial charge in [0.2, 0.25) is 5.91 Å². The molecule has 0 aliphatic carbocycles. The molecule has 0 spiro atoms. The van der Waals surface area contributed by atoms with Crippen LogP contribution in [0.15, 0.2) is 21.3 Å². The molecule has 0 aliphatic heterocycles. The molecule has 22 heavy (non-hydrogen) atoms. The van der Waals surface area contributed by atoms with E-state index < -0.39 is 5.63 Å². The van der Waals surface area contributed by atoms with Crippen molar-refractivity contribution in [1.82, 2.24) is 5.32 Å². The van der Waals surface area contributed by atoms with E-state index in [0.717, 1.165) is 6.42 Å². The number of carbonyl (C=O) groups is 1. The number of rotatable bonds is 4. The Balaban J connectivity index is 2.47. The number of hydrogen-bond acceptors (Lipinski definition) is 5. The third-order valence-electron chi connectivity index (χ3n) is 3.70. The molecule has 0 aliphatic rings. The predicted octanol–water partition coefficient (Wildman–Crippen LogP) is 1.97. The first-order valence-electron chi connectivity index (χ1n) is 7.11. The molecule has 1 aromatic heterocycles. The summed E-state index contributed by atoms with van der Waals surface area (Å²) >= 11 is 0. The Kier molecular flexibility index (Phi) is 4.40. The van der Waals surface area contributed by atoms with Gasteiger partial charge in [-0.1, -0.05) is 6.92 Å². The lowest BCUT2D eigenvalue weighted by Crippen LogP contribution is -2.34. The van der Waals surface area contributed by atoms with Crippen molar-refractivity contribution in [2.45, 2.75) is 39.7 Å². The number of fused-ring (bicyclic) bond motifs is 1. The van der Waals surface area contributed by atoms with Crippen molar-refractivity contribution >= 4 is 16.9 Å². The lowest BCUT2D eigenvalue weighted by molar-refractivity contribution is -0.121. The molecule has 2 aromatic rings. The Morgan fingerprint density at radius 3 is 2.68 bits per heavy atom. The van der Waals surface area contributed by atoms with Gasteiger partial charge in [-0.15, -0.1) is 0 Å². The average Bonchev–Trinajstić information content (AvgIpc) is 2.42. The number of nitrogens with one attached hydrogen (secondary N) is 1. The number of hydrogen-bond donors (Lipinski definition) is 3. The highest BCUT2D eigenvalue weighted by Crippen LogP contribution is 2.32. The van der Waals surface area contributed by atoms with E-state index in [4.69, 9.17) is 4.42 Å². The second-order valence-corrected chi connectivity index (χ2v) is 5.38. The lowest BCUT2D eigenvalue weighted by atomic mass is 10.0. The highest BCUT2D eigenvalue weighted by molar-refractivity contribution is 5.90. The van der Waals surface area contributed by atoms with Gasteiger partial charge in [0.15, 0.2) is 0 Å². The van der Waals surface area contributed by atoms with Crippen LogP contribution in [0, 0.1) is 6.92 Å². The van der Waals surface area contributed by atoms with Gasteiger partial charge in [-0.2, -0.15) is 0 Å². The SMILES string of the molecule is CCC(C)NC(=O)Cc1c(C)c2c(O)cc(O)cc2oc1=O. The zero-order valence-electron chi connectivity index (χ0n) is 12.8. The smallest absolute Gasteiger partial charge is 0.340 e. The molecular formula is C16H19NO5. The minimum Gasteiger partial charge on any atom is -0.508 e. The molecule has 1 aromatic carbocycles. The summed E-state index contributed by atoms with van der Waals surface area (Å²) < 4.78 is 5.11. The van der Waals surface area contributed by atoms with Gasteiger partial charge >= 0.3 is 5.63 Å². The first kappa shape index (κ1) is 15.9. The van der Waals surface area contributed by atoms with Gasteiger partial charge in [-0.05, 0) is 25.8 Å². The molecule has 2 rings (SSSR count). The molecule has 1 unspecified atom stereocenters. The standard InChI is InChI=1S/C16H19NO5/c1-4-8(2)17-14(20)7-11-9(3)15-12(19)5-10(18)6-13(15)22-16(11)21/h5-6,8,18-19H,4,7H2,1-3H3,(H,17,20). The fourth-order valence-electron chi connectivity index (χ4n) is 2.30. The van der Waals surface area contributed by atoms with E-state index in [0.29, 0.717) is 10.9 Å². The minimum atomic E-state index is -0.644. The lowest BCUT2D eigenvalue weighted by Gasteiger charge is -2.13. The van der Waals surface area contributed by atoms with Crippen LogP contribution >= 0.6 is 0 Å². The Bertz CT molecular complexity index is 778. The fourth-order valence-corrected chi connectivity index (χ4v) is 2.30. The highest BCUT2D eigenvalue weighted by atomic mass is 16.4. The number of phenolic OH excluding ortho intramolecular Hbond substituents is 2. The Morgan fingerprint density at radius 2 is 2.05 bits per heavy atom. The summed E-state index contributed by atoms with van der Waals surface area (Å²) in [4.78, 5) is 24.0. The second-order valence-electron chi connectivity index (χ2n) is 5.38. The van der Waals surface area contributed by atoms with Gasteiger partial charge in [0.25, 0.3) is 0 Å². The predicted molar refractivity (Wildman–Crippen MR) is 82.2 cm³/mol. The summed E-state index contributed by atoms with van der Waals surface area (Å²) in [6.45, 7) is 5.47. The Morgan fingerprint density at radius 1 is 1.36 bits per heavy atom. The van der Waals surface area contributed by atoms with Crippen molar-refractivity contribution in [3.63, 3.8) is 0 Å². The Hall–Kier alpha value is -2.50. The van der Waals surface area contributed by atoms with Crippen LogP contribution in [0.25, 0.3) is 11.0 Å². The zero-order chi connectivity index (χ0) is 16.4. The summed E-state index contributed by atoms with van der Waals surface area (Å²) in [6.07, 6.45) is 0.672. The largest absolute Gasteiger partial charge is 0.508 e. The van der Waals surface area contributed by atoms with Crippen LogP contribution in [-0.2, 0) is 11.2 Å². The molecular weight excluding hydrogens is 286 g/mol. The summed E-state index contributed by atoms with van der Waals surface area (Å²) in [5, 5.41) is 22.5. The average molecular weight is 305 g/mol. The van der Waals surface area contributed by atoms with Gasteiger partial charge in [-0.25, -0.2) is 4.79 Å². The van der Waals surface area contributed by atoms with E-state index in [1.54, 1.807) is 6.92 Å². The van der Waals surface area contributed by atoms with Crippen LogP contribution in [-0.4, -0.2) is 22.2 Å². The number of aromatic hydroxyl groups is 2. The van der Waals surface area contributed by atoms with Crippen molar-refractivity contribution < 1.29 is 19.4 Å². The quantitative estimate of drug-likeness (QED) is 0.750. The van der Waals surface area contributed by atoms with Crippen molar-refractivity contribution in [1.29, 1.82) is 0 Å². The molecule has 0 saturated heterocycles. The summed E-state index contributed by atoms with van der Waals surface area (Å²) in [6, 6.07) is 2.44. The van der Waals surface area contributed by atoms with Crippen LogP contribution in [0.1, 0.15) is 31.4 Å². The van der Waals surface area contributed by atoms with Gasteiger partial charge in [0.05, 0.1) is 17.4 Å². The summed E-state index contributed by atoms with van der Waals surface area (Å²) in [5.41, 5.74) is 0.123. The first-order chi connectivity index (χ1) is 10.3. The molecule has 0 bridgehead atoms. The molecule has 1 atom stereocenters. The minimum absolute atomic E-state index is 0.0191. The number of amides is 1. The Labute approximate surface area is 127 Å². The third-order valence-corrected chi connectivity index (χ3v) is 3.70. The van der Waals surface area contributed by atoms with Gasteiger partial charge in [-0.3, -0.25) is 4.79 Å². The van der Waals surface area contributed by atoms with Crippen LogP contribution in [0.4, 0.5) is 0 Å². The molecule has 3 N–H and O–H groups in total. The molecule has 6 heteroatoms. The fraction of sp³-hybridized carbons (Fsp3) is 0.375. The van der Waals surface area contributed by atoms with Gasteiger partial charge in [0, 0.05) is 18.2 Å². The maximum absolute atomic E-state index is 12.1. The summed E-state index contributed by atoms with van der Waals surface area (Å²) in [7, 11) is 0. The third kappa shape index (κ3) is 3.05. The molecule has 118 valence electrons. The molecule has 0 saturated carbocycles. The van der Waals surface area contributed by atoms with E-state index in [2.05, 4.69) is 5.32 Å². The van der Waals surface area contributed by atoms with Crippen molar-refractivity contribution in [2.75, 3.05) is 0 Å².